The van der Waals surface area contributed by atoms with Crippen LogP contribution in [0.3, 0.4) is 0 Å². The second-order valence-corrected chi connectivity index (χ2v) is 10.1. The van der Waals surface area contributed by atoms with E-state index in [2.05, 4.69) is 28.7 Å². The number of hydrogen-bond acceptors (Lipinski definition) is 3. The standard InChI is InChI=1S/C29H31FN4O2/c1-19(35)31-18-28(36)33-26(20-6-4-3-5-7-20)14-22-8-9-23-15-27-21(16-29(22,23)2)17-32-34(27)25-12-10-24(30)11-13-25/h3-7,10-13,15,17,22,26H,8-9,14,16,18H2,1-2H3,(H,31,35)(H,33,36). The van der Waals surface area contributed by atoms with Crippen LogP contribution in [0.4, 0.5) is 4.39 Å². The summed E-state index contributed by atoms with van der Waals surface area (Å²) in [5.41, 5.74) is 5.54. The van der Waals surface area contributed by atoms with Crippen LogP contribution in [0.2, 0.25) is 0 Å². The Hall–Kier alpha value is -3.74. The first kappa shape index (κ1) is 24.0. The maximum atomic E-state index is 13.4. The molecule has 0 aliphatic heterocycles. The molecule has 1 saturated carbocycles. The fraction of sp³-hybridized carbons (Fsp3) is 0.345. The number of aromatic nitrogens is 2. The molecule has 3 atom stereocenters. The van der Waals surface area contributed by atoms with Crippen molar-refractivity contribution in [1.29, 1.82) is 0 Å². The molecule has 5 rings (SSSR count). The number of carbonyl (C=O) groups excluding carboxylic acids is 2. The summed E-state index contributed by atoms with van der Waals surface area (Å²) in [6.45, 7) is 3.71. The molecule has 1 aromatic heterocycles. The number of nitrogens with one attached hydrogen (secondary N) is 2. The molecule has 6 nitrogen and oxygen atoms in total. The van der Waals surface area contributed by atoms with Crippen LogP contribution in [0.15, 0.2) is 66.4 Å². The van der Waals surface area contributed by atoms with Crippen LogP contribution in [0.5, 0.6) is 0 Å². The molecule has 2 aromatic carbocycles. The van der Waals surface area contributed by atoms with Gasteiger partial charge in [-0.25, -0.2) is 9.07 Å². The SMILES string of the molecule is CC(=O)NCC(=O)NC(CC1CCC2=Cc3c(cnn3-c3ccc(F)cc3)CC21C)c1ccccc1. The zero-order chi connectivity index (χ0) is 25.3. The molecule has 3 aromatic rings. The average Bonchev–Trinajstić information content (AvgIpc) is 3.41. The third-order valence-corrected chi connectivity index (χ3v) is 7.78. The Morgan fingerprint density at radius 1 is 1.17 bits per heavy atom. The normalized spacial score (nSPS) is 21.2. The van der Waals surface area contributed by atoms with E-state index < -0.39 is 0 Å². The number of allylic oxidation sites excluding steroid dienone is 1. The van der Waals surface area contributed by atoms with Gasteiger partial charge in [0.15, 0.2) is 0 Å². The van der Waals surface area contributed by atoms with Gasteiger partial charge in [-0.05, 0) is 78.5 Å². The van der Waals surface area contributed by atoms with Gasteiger partial charge < -0.3 is 10.6 Å². The van der Waals surface area contributed by atoms with E-state index in [-0.39, 0.29) is 35.6 Å². The van der Waals surface area contributed by atoms with E-state index >= 15 is 0 Å². The first-order chi connectivity index (χ1) is 17.3. The van der Waals surface area contributed by atoms with Crippen molar-refractivity contribution in [3.05, 3.63) is 89.0 Å². The number of halogens is 1. The van der Waals surface area contributed by atoms with Crippen molar-refractivity contribution in [2.75, 3.05) is 6.54 Å². The van der Waals surface area contributed by atoms with Crippen molar-refractivity contribution in [1.82, 2.24) is 20.4 Å². The fourth-order valence-electron chi connectivity index (χ4n) is 5.80. The maximum absolute atomic E-state index is 13.4. The zero-order valence-electron chi connectivity index (χ0n) is 20.6. The molecule has 0 saturated heterocycles. The summed E-state index contributed by atoms with van der Waals surface area (Å²) in [6, 6.07) is 16.3. The lowest BCUT2D eigenvalue weighted by Crippen LogP contribution is -2.39. The first-order valence-corrected chi connectivity index (χ1v) is 12.5. The molecule has 0 bridgehead atoms. The molecule has 2 amide bonds. The van der Waals surface area contributed by atoms with Crippen LogP contribution in [-0.4, -0.2) is 28.1 Å². The minimum absolute atomic E-state index is 0.0287. The largest absolute Gasteiger partial charge is 0.348 e. The summed E-state index contributed by atoms with van der Waals surface area (Å²) in [5, 5.41) is 10.4. The summed E-state index contributed by atoms with van der Waals surface area (Å²) in [5.74, 6) is -0.304. The second kappa shape index (κ2) is 9.72. The molecular formula is C29H31FN4O2. The van der Waals surface area contributed by atoms with Gasteiger partial charge in [0.1, 0.15) is 5.82 Å². The van der Waals surface area contributed by atoms with E-state index in [1.54, 1.807) is 12.1 Å². The molecule has 7 heteroatoms. The Kier molecular flexibility index (Phi) is 6.48. The minimum Gasteiger partial charge on any atom is -0.348 e. The summed E-state index contributed by atoms with van der Waals surface area (Å²) in [4.78, 5) is 23.9. The third-order valence-electron chi connectivity index (χ3n) is 7.78. The van der Waals surface area contributed by atoms with Crippen molar-refractivity contribution in [2.24, 2.45) is 11.3 Å². The highest BCUT2D eigenvalue weighted by Crippen LogP contribution is 2.55. The van der Waals surface area contributed by atoms with Gasteiger partial charge in [0.05, 0.1) is 30.2 Å². The maximum Gasteiger partial charge on any atom is 0.239 e. The molecule has 36 heavy (non-hydrogen) atoms. The highest BCUT2D eigenvalue weighted by atomic mass is 19.1. The Balaban J connectivity index is 1.38. The van der Waals surface area contributed by atoms with Crippen molar-refractivity contribution in [3.8, 4) is 5.69 Å². The van der Waals surface area contributed by atoms with E-state index in [0.29, 0.717) is 5.92 Å². The van der Waals surface area contributed by atoms with Gasteiger partial charge in [-0.15, -0.1) is 0 Å². The molecule has 0 spiro atoms. The quantitative estimate of drug-likeness (QED) is 0.506. The van der Waals surface area contributed by atoms with Gasteiger partial charge in [0.25, 0.3) is 0 Å². The molecule has 0 radical (unpaired) electrons. The Morgan fingerprint density at radius 2 is 1.92 bits per heavy atom. The van der Waals surface area contributed by atoms with Crippen LogP contribution in [0.25, 0.3) is 11.8 Å². The van der Waals surface area contributed by atoms with E-state index in [1.165, 1.54) is 30.2 Å². The van der Waals surface area contributed by atoms with Crippen molar-refractivity contribution in [3.63, 3.8) is 0 Å². The summed E-state index contributed by atoms with van der Waals surface area (Å²) < 4.78 is 15.3. The third kappa shape index (κ3) is 4.70. The smallest absolute Gasteiger partial charge is 0.239 e. The van der Waals surface area contributed by atoms with Crippen LogP contribution in [0, 0.1) is 17.2 Å². The number of fused-ring (bicyclic) bond motifs is 2. The fourth-order valence-corrected chi connectivity index (χ4v) is 5.80. The Morgan fingerprint density at radius 3 is 2.64 bits per heavy atom. The number of nitrogens with zero attached hydrogens (tertiary/aromatic N) is 2. The molecule has 2 aliphatic carbocycles. The van der Waals surface area contributed by atoms with Crippen LogP contribution in [0.1, 0.15) is 56.0 Å². The van der Waals surface area contributed by atoms with Crippen LogP contribution >= 0.6 is 0 Å². The molecule has 186 valence electrons. The van der Waals surface area contributed by atoms with Gasteiger partial charge in [0, 0.05) is 6.92 Å². The summed E-state index contributed by atoms with van der Waals surface area (Å²) in [7, 11) is 0. The molecule has 1 fully saturated rings. The molecule has 1 heterocycles. The Labute approximate surface area is 210 Å². The predicted octanol–water partition coefficient (Wildman–Crippen LogP) is 4.75. The van der Waals surface area contributed by atoms with E-state index in [9.17, 15) is 14.0 Å². The van der Waals surface area contributed by atoms with Gasteiger partial charge in [-0.2, -0.15) is 5.10 Å². The van der Waals surface area contributed by atoms with Crippen molar-refractivity contribution < 1.29 is 14.0 Å². The zero-order valence-corrected chi connectivity index (χ0v) is 20.6. The van der Waals surface area contributed by atoms with Crippen molar-refractivity contribution in [2.45, 2.75) is 45.6 Å². The van der Waals surface area contributed by atoms with Crippen LogP contribution < -0.4 is 10.6 Å². The number of hydrogen-bond donors (Lipinski definition) is 2. The van der Waals surface area contributed by atoms with Crippen molar-refractivity contribution >= 4 is 17.9 Å². The second-order valence-electron chi connectivity index (χ2n) is 10.1. The number of amides is 2. The molecule has 2 aliphatic rings. The van der Waals surface area contributed by atoms with Gasteiger partial charge in [-0.3, -0.25) is 9.59 Å². The van der Waals surface area contributed by atoms with Gasteiger partial charge >= 0.3 is 0 Å². The van der Waals surface area contributed by atoms with E-state index in [0.717, 1.165) is 42.6 Å². The van der Waals surface area contributed by atoms with Crippen LogP contribution in [-0.2, 0) is 16.0 Å². The molecule has 2 N–H and O–H groups in total. The van der Waals surface area contributed by atoms with Gasteiger partial charge in [-0.1, -0.05) is 42.8 Å². The topological polar surface area (TPSA) is 76.0 Å². The van der Waals surface area contributed by atoms with E-state index in [4.69, 9.17) is 0 Å². The number of benzene rings is 2. The van der Waals surface area contributed by atoms with Gasteiger partial charge in [0.2, 0.25) is 11.8 Å². The highest BCUT2D eigenvalue weighted by molar-refractivity contribution is 5.83. The highest BCUT2D eigenvalue weighted by Gasteiger charge is 2.46. The Bertz CT molecular complexity index is 1300. The van der Waals surface area contributed by atoms with E-state index in [1.807, 2.05) is 41.2 Å². The average molecular weight is 487 g/mol. The monoisotopic (exact) mass is 486 g/mol. The number of rotatable bonds is 7. The minimum atomic E-state index is -0.263. The summed E-state index contributed by atoms with van der Waals surface area (Å²) in [6.07, 6.45) is 7.92. The molecule has 3 unspecified atom stereocenters. The lowest BCUT2D eigenvalue weighted by Gasteiger charge is -2.37. The number of carbonyl (C=O) groups is 2. The lowest BCUT2D eigenvalue weighted by atomic mass is 9.68. The first-order valence-electron chi connectivity index (χ1n) is 12.5. The lowest BCUT2D eigenvalue weighted by molar-refractivity contribution is -0.125. The predicted molar refractivity (Wildman–Crippen MR) is 137 cm³/mol. The molecular weight excluding hydrogens is 455 g/mol. The summed E-state index contributed by atoms with van der Waals surface area (Å²) >= 11 is 0.